The Bertz CT molecular complexity index is 999. The molecule has 0 saturated carbocycles. The summed E-state index contributed by atoms with van der Waals surface area (Å²) in [7, 11) is 0. The maximum absolute atomic E-state index is 13.8. The molecule has 0 saturated heterocycles. The first-order valence-electron chi connectivity index (χ1n) is 9.00. The number of nitrogens with zero attached hydrogens (tertiary/aromatic N) is 1. The molecule has 0 fully saturated rings. The highest BCUT2D eigenvalue weighted by molar-refractivity contribution is 6.33. The number of carbonyl (C=O) groups excluding carboxylic acids is 1. The minimum atomic E-state index is -0.476. The summed E-state index contributed by atoms with van der Waals surface area (Å²) in [6.45, 7) is 7.24. The third-order valence-corrected chi connectivity index (χ3v) is 5.14. The van der Waals surface area contributed by atoms with Crippen LogP contribution in [-0.4, -0.2) is 23.9 Å². The summed E-state index contributed by atoms with van der Waals surface area (Å²) in [5.74, 6) is -0.467. The molecule has 27 heavy (non-hydrogen) atoms. The van der Waals surface area contributed by atoms with E-state index in [-0.39, 0.29) is 10.9 Å². The van der Waals surface area contributed by atoms with Crippen LogP contribution in [0, 0.1) is 12.7 Å². The van der Waals surface area contributed by atoms with Gasteiger partial charge in [0.1, 0.15) is 5.82 Å². The first kappa shape index (κ1) is 19.2. The number of rotatable bonds is 5. The van der Waals surface area contributed by atoms with Crippen LogP contribution in [0.5, 0.6) is 0 Å². The first-order valence-corrected chi connectivity index (χ1v) is 9.38. The van der Waals surface area contributed by atoms with Crippen LogP contribution >= 0.6 is 11.6 Å². The zero-order valence-corrected chi connectivity index (χ0v) is 16.4. The van der Waals surface area contributed by atoms with E-state index >= 15 is 0 Å². The molecule has 0 atom stereocenters. The molecule has 3 nitrogen and oxygen atoms in total. The van der Waals surface area contributed by atoms with Crippen molar-refractivity contribution in [3.8, 4) is 0 Å². The van der Waals surface area contributed by atoms with E-state index in [1.165, 1.54) is 6.07 Å². The number of benzene rings is 3. The summed E-state index contributed by atoms with van der Waals surface area (Å²) in [5, 5.41) is 5.04. The molecule has 0 aromatic heterocycles. The molecule has 3 rings (SSSR count). The molecular formula is C22H22ClFN2O. The van der Waals surface area contributed by atoms with Gasteiger partial charge >= 0.3 is 0 Å². The molecule has 5 heteroatoms. The Morgan fingerprint density at radius 1 is 1.04 bits per heavy atom. The highest BCUT2D eigenvalue weighted by atomic mass is 35.5. The first-order chi connectivity index (χ1) is 13.0. The van der Waals surface area contributed by atoms with Gasteiger partial charge in [-0.05, 0) is 56.0 Å². The average molecular weight is 385 g/mol. The lowest BCUT2D eigenvalue weighted by Crippen LogP contribution is -2.30. The molecule has 0 spiro atoms. The smallest absolute Gasteiger partial charge is 0.254 e. The standard InChI is InChI=1S/C22H22ClFN2O/c1-4-26(5-2)22(27)16-12-13-18(15-9-6-8-14(3)20(15)16)25-19-11-7-10-17(24)21(19)23/h6-13,25H,4-5H2,1-3H3. The largest absolute Gasteiger partial charge is 0.354 e. The predicted molar refractivity (Wildman–Crippen MR) is 111 cm³/mol. The van der Waals surface area contributed by atoms with E-state index in [2.05, 4.69) is 5.32 Å². The lowest BCUT2D eigenvalue weighted by Gasteiger charge is -2.21. The molecule has 0 bridgehead atoms. The number of halogens is 2. The van der Waals surface area contributed by atoms with Crippen molar-refractivity contribution in [2.45, 2.75) is 20.8 Å². The Morgan fingerprint density at radius 2 is 1.74 bits per heavy atom. The molecule has 0 unspecified atom stereocenters. The van der Waals surface area contributed by atoms with E-state index in [1.807, 2.05) is 51.1 Å². The highest BCUT2D eigenvalue weighted by Gasteiger charge is 2.18. The van der Waals surface area contributed by atoms with Crippen molar-refractivity contribution < 1.29 is 9.18 Å². The normalized spacial score (nSPS) is 10.9. The molecule has 1 amide bonds. The second-order valence-electron chi connectivity index (χ2n) is 6.36. The van der Waals surface area contributed by atoms with Gasteiger partial charge in [-0.1, -0.05) is 35.9 Å². The van der Waals surface area contributed by atoms with Gasteiger partial charge < -0.3 is 10.2 Å². The molecule has 0 heterocycles. The van der Waals surface area contributed by atoms with Crippen molar-refractivity contribution in [3.63, 3.8) is 0 Å². The molecule has 0 radical (unpaired) electrons. The topological polar surface area (TPSA) is 32.3 Å². The Hall–Kier alpha value is -2.59. The molecule has 3 aromatic carbocycles. The zero-order chi connectivity index (χ0) is 19.6. The number of fused-ring (bicyclic) bond motifs is 1. The maximum Gasteiger partial charge on any atom is 0.254 e. The summed E-state index contributed by atoms with van der Waals surface area (Å²) < 4.78 is 13.8. The van der Waals surface area contributed by atoms with Gasteiger partial charge in [0.25, 0.3) is 5.91 Å². The quantitative estimate of drug-likeness (QED) is 0.570. The summed E-state index contributed by atoms with van der Waals surface area (Å²) in [6.07, 6.45) is 0. The molecule has 0 aliphatic carbocycles. The zero-order valence-electron chi connectivity index (χ0n) is 15.6. The van der Waals surface area contributed by atoms with E-state index in [4.69, 9.17) is 11.6 Å². The molecule has 140 valence electrons. The highest BCUT2D eigenvalue weighted by Crippen LogP contribution is 2.34. The van der Waals surface area contributed by atoms with Gasteiger partial charge in [0.2, 0.25) is 0 Å². The van der Waals surface area contributed by atoms with Gasteiger partial charge in [0, 0.05) is 29.7 Å². The number of nitrogens with one attached hydrogen (secondary N) is 1. The number of aryl methyl sites for hydroxylation is 1. The minimum Gasteiger partial charge on any atom is -0.354 e. The molecule has 0 aliphatic heterocycles. The van der Waals surface area contributed by atoms with Crippen LogP contribution < -0.4 is 5.32 Å². The Balaban J connectivity index is 2.15. The van der Waals surface area contributed by atoms with Gasteiger partial charge in [0.15, 0.2) is 0 Å². The number of hydrogen-bond acceptors (Lipinski definition) is 2. The van der Waals surface area contributed by atoms with Crippen LogP contribution in [0.15, 0.2) is 48.5 Å². The second kappa shape index (κ2) is 7.97. The summed E-state index contributed by atoms with van der Waals surface area (Å²) in [5.41, 5.74) is 2.94. The Kier molecular flexibility index (Phi) is 5.66. The van der Waals surface area contributed by atoms with Crippen molar-refractivity contribution in [1.82, 2.24) is 4.90 Å². The van der Waals surface area contributed by atoms with Crippen molar-refractivity contribution in [2.24, 2.45) is 0 Å². The fourth-order valence-electron chi connectivity index (χ4n) is 3.30. The van der Waals surface area contributed by atoms with Crippen molar-refractivity contribution in [2.75, 3.05) is 18.4 Å². The van der Waals surface area contributed by atoms with E-state index in [0.717, 1.165) is 22.0 Å². The van der Waals surface area contributed by atoms with Crippen LogP contribution in [0.4, 0.5) is 15.8 Å². The summed E-state index contributed by atoms with van der Waals surface area (Å²) in [6, 6.07) is 14.2. The van der Waals surface area contributed by atoms with Gasteiger partial charge in [-0.15, -0.1) is 0 Å². The number of carbonyl (C=O) groups is 1. The van der Waals surface area contributed by atoms with E-state index in [9.17, 15) is 9.18 Å². The van der Waals surface area contributed by atoms with Crippen LogP contribution in [0.25, 0.3) is 10.8 Å². The van der Waals surface area contributed by atoms with E-state index < -0.39 is 5.82 Å². The van der Waals surface area contributed by atoms with Gasteiger partial charge in [-0.25, -0.2) is 4.39 Å². The fourth-order valence-corrected chi connectivity index (χ4v) is 3.48. The fraction of sp³-hybridized carbons (Fsp3) is 0.227. The number of hydrogen-bond donors (Lipinski definition) is 1. The lowest BCUT2D eigenvalue weighted by molar-refractivity contribution is 0.0775. The van der Waals surface area contributed by atoms with Crippen molar-refractivity contribution >= 4 is 39.7 Å². The minimum absolute atomic E-state index is 0.00892. The van der Waals surface area contributed by atoms with Gasteiger partial charge in [-0.2, -0.15) is 0 Å². The third kappa shape index (κ3) is 3.62. The SMILES string of the molecule is CCN(CC)C(=O)c1ccc(Nc2cccc(F)c2Cl)c2cccc(C)c12. The van der Waals surface area contributed by atoms with Gasteiger partial charge in [-0.3, -0.25) is 4.79 Å². The van der Waals surface area contributed by atoms with Crippen molar-refractivity contribution in [1.29, 1.82) is 0 Å². The van der Waals surface area contributed by atoms with Crippen molar-refractivity contribution in [3.05, 3.63) is 70.5 Å². The second-order valence-corrected chi connectivity index (χ2v) is 6.74. The maximum atomic E-state index is 13.8. The summed E-state index contributed by atoms with van der Waals surface area (Å²) >= 11 is 6.09. The predicted octanol–water partition coefficient (Wildman–Crippen LogP) is 6.17. The average Bonchev–Trinajstić information content (AvgIpc) is 2.67. The van der Waals surface area contributed by atoms with Crippen LogP contribution in [0.2, 0.25) is 5.02 Å². The molecular weight excluding hydrogens is 363 g/mol. The van der Waals surface area contributed by atoms with Gasteiger partial charge in [0.05, 0.1) is 10.7 Å². The summed E-state index contributed by atoms with van der Waals surface area (Å²) in [4.78, 5) is 14.8. The van der Waals surface area contributed by atoms with Crippen LogP contribution in [0.1, 0.15) is 29.8 Å². The van der Waals surface area contributed by atoms with Crippen LogP contribution in [-0.2, 0) is 0 Å². The number of anilines is 2. The van der Waals surface area contributed by atoms with E-state index in [0.29, 0.717) is 24.3 Å². The molecule has 3 aromatic rings. The van der Waals surface area contributed by atoms with Crippen LogP contribution in [0.3, 0.4) is 0 Å². The monoisotopic (exact) mass is 384 g/mol. The Labute approximate surface area is 163 Å². The molecule has 1 N–H and O–H groups in total. The lowest BCUT2D eigenvalue weighted by atomic mass is 9.97. The number of amides is 1. The van der Waals surface area contributed by atoms with E-state index in [1.54, 1.807) is 17.0 Å². The Morgan fingerprint density at radius 3 is 2.44 bits per heavy atom. The third-order valence-electron chi connectivity index (χ3n) is 4.75. The molecule has 0 aliphatic rings.